The molecule has 0 bridgehead atoms. The summed E-state index contributed by atoms with van der Waals surface area (Å²) < 4.78 is 23.1. The number of hydrogen-bond acceptors (Lipinski definition) is 6. The summed E-state index contributed by atoms with van der Waals surface area (Å²) in [5.41, 5.74) is 8.11. The second kappa shape index (κ2) is 17.2. The van der Waals surface area contributed by atoms with E-state index in [0.29, 0.717) is 41.5 Å². The van der Waals surface area contributed by atoms with Gasteiger partial charge in [0, 0.05) is 40.6 Å². The number of amides is 1. The third-order valence-electron chi connectivity index (χ3n) is 7.56. The first-order valence-corrected chi connectivity index (χ1v) is 15.3. The molecular weight excluding hydrogens is 592 g/mol. The van der Waals surface area contributed by atoms with E-state index in [2.05, 4.69) is 45.8 Å². The molecule has 1 aromatic heterocycles. The molecule has 1 N–H and O–H groups in total. The van der Waals surface area contributed by atoms with Gasteiger partial charge in [0.15, 0.2) is 11.5 Å². The van der Waals surface area contributed by atoms with Crippen molar-refractivity contribution < 1.29 is 28.5 Å². The zero-order valence-corrected chi connectivity index (χ0v) is 27.9. The zero-order valence-electron chi connectivity index (χ0n) is 27.2. The number of benzene rings is 2. The van der Waals surface area contributed by atoms with Crippen molar-refractivity contribution in [1.29, 1.82) is 0 Å². The van der Waals surface area contributed by atoms with Crippen LogP contribution in [0.4, 0.5) is 0 Å². The van der Waals surface area contributed by atoms with Gasteiger partial charge >= 0.3 is 0 Å². The van der Waals surface area contributed by atoms with Crippen molar-refractivity contribution in [2.75, 3.05) is 28.4 Å². The van der Waals surface area contributed by atoms with Crippen LogP contribution in [0.5, 0.6) is 11.5 Å². The van der Waals surface area contributed by atoms with Gasteiger partial charge in [0.1, 0.15) is 5.76 Å². The van der Waals surface area contributed by atoms with Crippen LogP contribution in [0, 0.1) is 6.92 Å². The SMILES string of the molecule is CC.COC1=CCC=C(c2cc3n(c2C)CCCc2cc(OC)c(OC)cc2-3)C=C1C(=O)NCc1ccccc1Cl.COC=O. The minimum Gasteiger partial charge on any atom is -0.496 e. The first kappa shape index (κ1) is 35.1. The molecule has 0 spiro atoms. The third-order valence-corrected chi connectivity index (χ3v) is 7.92. The third kappa shape index (κ3) is 8.19. The minimum atomic E-state index is -0.212. The average Bonchev–Trinajstić information content (AvgIpc) is 3.21. The lowest BCUT2D eigenvalue weighted by molar-refractivity contribution is -0.126. The summed E-state index contributed by atoms with van der Waals surface area (Å²) in [6.45, 7) is 7.75. The van der Waals surface area contributed by atoms with Crippen LogP contribution in [0.2, 0.25) is 5.02 Å². The fourth-order valence-corrected chi connectivity index (χ4v) is 5.60. The Labute approximate surface area is 271 Å². The van der Waals surface area contributed by atoms with Crippen molar-refractivity contribution in [3.8, 4) is 22.8 Å². The molecule has 5 rings (SSSR count). The number of carbonyl (C=O) groups excluding carboxylic acids is 2. The van der Waals surface area contributed by atoms with E-state index in [4.69, 9.17) is 30.6 Å². The van der Waals surface area contributed by atoms with Crippen molar-refractivity contribution in [3.05, 3.63) is 99.4 Å². The fourth-order valence-electron chi connectivity index (χ4n) is 5.40. The van der Waals surface area contributed by atoms with Gasteiger partial charge in [-0.2, -0.15) is 0 Å². The minimum absolute atomic E-state index is 0.212. The van der Waals surface area contributed by atoms with Crippen LogP contribution < -0.4 is 14.8 Å². The number of aromatic nitrogens is 1. The predicted molar refractivity (Wildman–Crippen MR) is 180 cm³/mol. The maximum atomic E-state index is 13.4. The highest BCUT2D eigenvalue weighted by molar-refractivity contribution is 6.31. The molecule has 2 aliphatic rings. The summed E-state index contributed by atoms with van der Waals surface area (Å²) >= 11 is 6.30. The van der Waals surface area contributed by atoms with Gasteiger partial charge in [0.2, 0.25) is 0 Å². The van der Waals surface area contributed by atoms with Gasteiger partial charge < -0.3 is 28.8 Å². The molecule has 1 amide bonds. The van der Waals surface area contributed by atoms with Crippen LogP contribution in [0.15, 0.2) is 72.0 Å². The molecular formula is C36H43ClN2O6. The van der Waals surface area contributed by atoms with E-state index >= 15 is 0 Å². The van der Waals surface area contributed by atoms with E-state index in [1.54, 1.807) is 21.3 Å². The largest absolute Gasteiger partial charge is 0.496 e. The highest BCUT2D eigenvalue weighted by Crippen LogP contribution is 2.41. The lowest BCUT2D eigenvalue weighted by Gasteiger charge is -2.13. The van der Waals surface area contributed by atoms with E-state index in [-0.39, 0.29) is 5.91 Å². The standard InChI is InChI=1S/C32H33ClN2O4.C2H4O2.C2H6/c1-20-24(17-28-25-18-31(39-4)30(38-3)16-22(25)11-8-14-35(20)28)21-10-7-13-29(37-2)26(15-21)32(36)34-19-23-9-5-6-12-27(23)33;1-4-2-3;1-2/h5-6,9-10,12-13,15-18H,7-8,11,14,19H2,1-4H3,(H,34,36);2H,1H3;1-2H3. The number of ether oxygens (including phenoxy) is 4. The first-order chi connectivity index (χ1) is 21.9. The number of allylic oxidation sites excluding steroid dienone is 4. The maximum absolute atomic E-state index is 13.4. The van der Waals surface area contributed by atoms with Crippen molar-refractivity contribution in [2.45, 2.75) is 53.1 Å². The van der Waals surface area contributed by atoms with Crippen LogP contribution in [0.3, 0.4) is 0 Å². The number of halogens is 1. The number of methoxy groups -OCH3 is 4. The molecule has 8 nitrogen and oxygen atoms in total. The molecule has 0 unspecified atom stereocenters. The number of nitrogens with zero attached hydrogens (tertiary/aromatic N) is 1. The Kier molecular flexibility index (Phi) is 13.4. The summed E-state index contributed by atoms with van der Waals surface area (Å²) in [6, 6.07) is 13.9. The Hall–Kier alpha value is -4.43. The van der Waals surface area contributed by atoms with E-state index in [1.165, 1.54) is 12.7 Å². The van der Waals surface area contributed by atoms with Gasteiger partial charge in [-0.3, -0.25) is 9.59 Å². The highest BCUT2D eigenvalue weighted by Gasteiger charge is 2.24. The normalized spacial score (nSPS) is 13.2. The number of nitrogens with one attached hydrogen (secondary N) is 1. The summed E-state index contributed by atoms with van der Waals surface area (Å²) in [7, 11) is 6.24. The van der Waals surface area contributed by atoms with E-state index in [9.17, 15) is 4.79 Å². The van der Waals surface area contributed by atoms with Crippen LogP contribution in [0.25, 0.3) is 16.8 Å². The lowest BCUT2D eigenvalue weighted by atomic mass is 9.98. The quantitative estimate of drug-likeness (QED) is 0.259. The molecule has 1 aliphatic carbocycles. The lowest BCUT2D eigenvalue weighted by Crippen LogP contribution is -2.26. The van der Waals surface area contributed by atoms with Gasteiger partial charge in [-0.05, 0) is 79.3 Å². The number of aryl methyl sites for hydroxylation is 1. The Morgan fingerprint density at radius 1 is 0.978 bits per heavy atom. The summed E-state index contributed by atoms with van der Waals surface area (Å²) in [6.07, 6.45) is 8.65. The molecule has 9 heteroatoms. The van der Waals surface area contributed by atoms with E-state index in [1.807, 2.05) is 50.3 Å². The van der Waals surface area contributed by atoms with E-state index in [0.717, 1.165) is 58.8 Å². The van der Waals surface area contributed by atoms with Crippen LogP contribution in [-0.4, -0.2) is 45.4 Å². The Morgan fingerprint density at radius 3 is 2.31 bits per heavy atom. The first-order valence-electron chi connectivity index (χ1n) is 15.0. The number of carbonyl (C=O) groups is 2. The van der Waals surface area contributed by atoms with Gasteiger partial charge in [-0.1, -0.05) is 49.7 Å². The molecule has 45 heavy (non-hydrogen) atoms. The molecule has 2 aromatic carbocycles. The van der Waals surface area contributed by atoms with Gasteiger partial charge in [-0.15, -0.1) is 0 Å². The van der Waals surface area contributed by atoms with Gasteiger partial charge in [0.25, 0.3) is 12.4 Å². The fraction of sp³-hybridized carbons (Fsp3) is 0.333. The summed E-state index contributed by atoms with van der Waals surface area (Å²) in [4.78, 5) is 22.4. The molecule has 3 aromatic rings. The van der Waals surface area contributed by atoms with Crippen LogP contribution in [0.1, 0.15) is 49.1 Å². The number of fused-ring (bicyclic) bond motifs is 3. The van der Waals surface area contributed by atoms with Crippen molar-refractivity contribution in [1.82, 2.24) is 9.88 Å². The van der Waals surface area contributed by atoms with E-state index < -0.39 is 0 Å². The molecule has 0 fully saturated rings. The topological polar surface area (TPSA) is 88.0 Å². The molecule has 0 saturated heterocycles. The van der Waals surface area contributed by atoms with Crippen molar-refractivity contribution in [2.24, 2.45) is 0 Å². The van der Waals surface area contributed by atoms with Gasteiger partial charge in [0.05, 0.1) is 34.0 Å². The Bertz CT molecular complexity index is 1580. The smallest absolute Gasteiger partial charge is 0.292 e. The Balaban J connectivity index is 0.000000853. The summed E-state index contributed by atoms with van der Waals surface area (Å²) in [5, 5.41) is 3.63. The molecule has 1 aliphatic heterocycles. The van der Waals surface area contributed by atoms with Crippen LogP contribution in [-0.2, 0) is 38.6 Å². The monoisotopic (exact) mass is 634 g/mol. The zero-order chi connectivity index (χ0) is 32.9. The van der Waals surface area contributed by atoms with Crippen molar-refractivity contribution >= 4 is 29.6 Å². The van der Waals surface area contributed by atoms with Crippen LogP contribution >= 0.6 is 11.6 Å². The van der Waals surface area contributed by atoms with Crippen molar-refractivity contribution in [3.63, 3.8) is 0 Å². The van der Waals surface area contributed by atoms with Gasteiger partial charge in [-0.25, -0.2) is 0 Å². The molecule has 0 radical (unpaired) electrons. The Morgan fingerprint density at radius 2 is 1.67 bits per heavy atom. The number of rotatable bonds is 8. The molecule has 2 heterocycles. The molecule has 0 atom stereocenters. The average molecular weight is 635 g/mol. The molecule has 0 saturated carbocycles. The highest BCUT2D eigenvalue weighted by atomic mass is 35.5. The second-order valence-electron chi connectivity index (χ2n) is 9.98. The summed E-state index contributed by atoms with van der Waals surface area (Å²) in [5.74, 6) is 1.80. The maximum Gasteiger partial charge on any atom is 0.292 e. The molecule has 240 valence electrons. The number of hydrogen-bond donors (Lipinski definition) is 1. The predicted octanol–water partition coefficient (Wildman–Crippen LogP) is 7.46. The second-order valence-corrected chi connectivity index (χ2v) is 10.4.